The van der Waals surface area contributed by atoms with Crippen molar-refractivity contribution in [2.45, 2.75) is 51.2 Å². The number of carboxylic acid groups (broad SMARTS) is 1. The van der Waals surface area contributed by atoms with Crippen molar-refractivity contribution in [2.75, 3.05) is 6.54 Å². The van der Waals surface area contributed by atoms with Crippen molar-refractivity contribution in [3.8, 4) is 0 Å². The maximum Gasteiger partial charge on any atom is 0.411 e. The van der Waals surface area contributed by atoms with Crippen molar-refractivity contribution in [3.63, 3.8) is 0 Å². The topological polar surface area (TPSA) is 66.8 Å². The summed E-state index contributed by atoms with van der Waals surface area (Å²) < 4.78 is 5.37. The fourth-order valence-electron chi connectivity index (χ4n) is 2.75. The molecular weight excluding hydrogens is 282 g/mol. The third kappa shape index (κ3) is 4.00. The lowest BCUT2D eigenvalue weighted by atomic mass is 9.87. The van der Waals surface area contributed by atoms with Crippen LogP contribution < -0.4 is 0 Å². The number of nitrogens with zero attached hydrogens (tertiary/aromatic N) is 1. The molecule has 1 aliphatic rings. The largest absolute Gasteiger partial charge is 0.480 e. The molecule has 5 nitrogen and oxygen atoms in total. The van der Waals surface area contributed by atoms with Gasteiger partial charge in [0, 0.05) is 12.5 Å². The van der Waals surface area contributed by atoms with Gasteiger partial charge < -0.3 is 9.84 Å². The van der Waals surface area contributed by atoms with Gasteiger partial charge in [-0.2, -0.15) is 0 Å². The normalized spacial score (nSPS) is 22.2. The average Bonchev–Trinajstić information content (AvgIpc) is 2.45. The Morgan fingerprint density at radius 2 is 1.82 bits per heavy atom. The molecule has 1 N–H and O–H groups in total. The molecule has 0 radical (unpaired) electrons. The number of carbonyl (C=O) groups excluding carboxylic acids is 1. The van der Waals surface area contributed by atoms with E-state index in [2.05, 4.69) is 0 Å². The molecule has 2 unspecified atom stereocenters. The highest BCUT2D eigenvalue weighted by Crippen LogP contribution is 2.31. The molecular formula is C17H23NO4. The van der Waals surface area contributed by atoms with E-state index in [-0.39, 0.29) is 5.92 Å². The predicted octanol–water partition coefficient (Wildman–Crippen LogP) is 3.25. The number of likely N-dealkylation sites (tertiary alicyclic amines) is 1. The molecule has 1 aromatic rings. The molecule has 0 saturated carbocycles. The number of piperidine rings is 1. The molecule has 0 aromatic heterocycles. The zero-order valence-corrected chi connectivity index (χ0v) is 13.3. The average molecular weight is 305 g/mol. The van der Waals surface area contributed by atoms with Gasteiger partial charge in [0.2, 0.25) is 0 Å². The van der Waals surface area contributed by atoms with Crippen LogP contribution in [0.1, 0.15) is 45.1 Å². The van der Waals surface area contributed by atoms with Crippen molar-refractivity contribution in [2.24, 2.45) is 0 Å². The molecule has 0 spiro atoms. The van der Waals surface area contributed by atoms with Crippen LogP contribution in [0.5, 0.6) is 0 Å². The Kier molecular flexibility index (Phi) is 4.74. The van der Waals surface area contributed by atoms with Crippen molar-refractivity contribution in [1.29, 1.82) is 0 Å². The molecule has 22 heavy (non-hydrogen) atoms. The van der Waals surface area contributed by atoms with Gasteiger partial charge >= 0.3 is 12.1 Å². The predicted molar refractivity (Wildman–Crippen MR) is 82.8 cm³/mol. The van der Waals surface area contributed by atoms with Gasteiger partial charge in [0.15, 0.2) is 0 Å². The minimum absolute atomic E-state index is 0.143. The van der Waals surface area contributed by atoms with Crippen LogP contribution in [0, 0.1) is 0 Å². The molecule has 1 fully saturated rings. The Bertz CT molecular complexity index is 535. The summed E-state index contributed by atoms with van der Waals surface area (Å²) in [6.07, 6.45) is 0.634. The van der Waals surface area contributed by atoms with Gasteiger partial charge in [0.05, 0.1) is 0 Å². The van der Waals surface area contributed by atoms with E-state index >= 15 is 0 Å². The highest BCUT2D eigenvalue weighted by Gasteiger charge is 2.38. The molecule has 1 aliphatic heterocycles. The first-order valence-electron chi connectivity index (χ1n) is 7.55. The summed E-state index contributed by atoms with van der Waals surface area (Å²) in [7, 11) is 0. The van der Waals surface area contributed by atoms with Gasteiger partial charge in [-0.3, -0.25) is 4.90 Å². The van der Waals surface area contributed by atoms with Crippen LogP contribution in [0.15, 0.2) is 30.3 Å². The van der Waals surface area contributed by atoms with Crippen LogP contribution >= 0.6 is 0 Å². The van der Waals surface area contributed by atoms with Gasteiger partial charge in [-0.25, -0.2) is 9.59 Å². The Hall–Kier alpha value is -2.04. The number of carboxylic acids is 1. The molecule has 1 heterocycles. The minimum Gasteiger partial charge on any atom is -0.480 e. The lowest BCUT2D eigenvalue weighted by molar-refractivity contribution is -0.144. The third-order valence-electron chi connectivity index (χ3n) is 3.77. The molecule has 2 atom stereocenters. The Morgan fingerprint density at radius 1 is 1.18 bits per heavy atom. The standard InChI is InChI=1S/C17H23NO4/c1-17(2,3)22-16(21)18-11-13(9-10-14(18)15(19)20)12-7-5-4-6-8-12/h4-8,13-14H,9-11H2,1-3H3,(H,19,20). The molecule has 1 amide bonds. The number of hydrogen-bond acceptors (Lipinski definition) is 3. The first-order chi connectivity index (χ1) is 10.3. The highest BCUT2D eigenvalue weighted by molar-refractivity contribution is 5.80. The second kappa shape index (κ2) is 6.38. The van der Waals surface area contributed by atoms with E-state index in [1.165, 1.54) is 4.90 Å². The monoisotopic (exact) mass is 305 g/mol. The van der Waals surface area contributed by atoms with Crippen LogP contribution in [0.3, 0.4) is 0 Å². The summed E-state index contributed by atoms with van der Waals surface area (Å²) >= 11 is 0. The number of carbonyl (C=O) groups is 2. The summed E-state index contributed by atoms with van der Waals surface area (Å²) in [5.74, 6) is -0.832. The zero-order valence-electron chi connectivity index (χ0n) is 13.3. The van der Waals surface area contributed by atoms with E-state index in [0.717, 1.165) is 12.0 Å². The second-order valence-corrected chi connectivity index (χ2v) is 6.67. The maximum absolute atomic E-state index is 12.3. The number of ether oxygens (including phenoxy) is 1. The first-order valence-corrected chi connectivity index (χ1v) is 7.55. The zero-order chi connectivity index (χ0) is 16.3. The van der Waals surface area contributed by atoms with E-state index in [1.807, 2.05) is 30.3 Å². The van der Waals surface area contributed by atoms with Gasteiger partial charge in [-0.1, -0.05) is 30.3 Å². The van der Waals surface area contributed by atoms with E-state index in [0.29, 0.717) is 13.0 Å². The summed E-state index contributed by atoms with van der Waals surface area (Å²) in [6.45, 7) is 5.70. The van der Waals surface area contributed by atoms with Gasteiger partial charge in [0.25, 0.3) is 0 Å². The van der Waals surface area contributed by atoms with E-state index < -0.39 is 23.7 Å². The number of benzene rings is 1. The van der Waals surface area contributed by atoms with Gasteiger partial charge in [0.1, 0.15) is 11.6 Å². The van der Waals surface area contributed by atoms with Crippen molar-refractivity contribution >= 4 is 12.1 Å². The maximum atomic E-state index is 12.3. The smallest absolute Gasteiger partial charge is 0.411 e. The fraction of sp³-hybridized carbons (Fsp3) is 0.529. The van der Waals surface area contributed by atoms with Gasteiger partial charge in [-0.15, -0.1) is 0 Å². The van der Waals surface area contributed by atoms with Crippen LogP contribution in [0.25, 0.3) is 0 Å². The third-order valence-corrected chi connectivity index (χ3v) is 3.77. The number of rotatable bonds is 2. The summed E-state index contributed by atoms with van der Waals surface area (Å²) in [4.78, 5) is 25.1. The Labute approximate surface area is 130 Å². The molecule has 120 valence electrons. The Morgan fingerprint density at radius 3 is 2.36 bits per heavy atom. The summed E-state index contributed by atoms with van der Waals surface area (Å²) in [5.41, 5.74) is 0.486. The first kappa shape index (κ1) is 16.3. The summed E-state index contributed by atoms with van der Waals surface area (Å²) in [5, 5.41) is 9.36. The van der Waals surface area contributed by atoms with Crippen LogP contribution in [-0.2, 0) is 9.53 Å². The van der Waals surface area contributed by atoms with Crippen molar-refractivity contribution < 1.29 is 19.4 Å². The molecule has 5 heteroatoms. The molecule has 1 saturated heterocycles. The van der Waals surface area contributed by atoms with E-state index in [9.17, 15) is 14.7 Å². The molecule has 2 rings (SSSR count). The van der Waals surface area contributed by atoms with Crippen LogP contribution in [-0.4, -0.2) is 40.3 Å². The molecule has 1 aromatic carbocycles. The van der Waals surface area contributed by atoms with Crippen molar-refractivity contribution in [3.05, 3.63) is 35.9 Å². The summed E-state index contributed by atoms with van der Waals surface area (Å²) in [6, 6.07) is 9.07. The highest BCUT2D eigenvalue weighted by atomic mass is 16.6. The number of hydrogen-bond donors (Lipinski definition) is 1. The second-order valence-electron chi connectivity index (χ2n) is 6.67. The quantitative estimate of drug-likeness (QED) is 0.910. The fourth-order valence-corrected chi connectivity index (χ4v) is 2.75. The Balaban J connectivity index is 2.17. The number of amides is 1. The lowest BCUT2D eigenvalue weighted by Crippen LogP contribution is -2.51. The van der Waals surface area contributed by atoms with Crippen LogP contribution in [0.2, 0.25) is 0 Å². The van der Waals surface area contributed by atoms with E-state index in [4.69, 9.17) is 4.74 Å². The van der Waals surface area contributed by atoms with Gasteiger partial charge in [-0.05, 0) is 39.2 Å². The molecule has 0 aliphatic carbocycles. The van der Waals surface area contributed by atoms with Crippen LogP contribution in [0.4, 0.5) is 4.79 Å². The number of aliphatic carboxylic acids is 1. The lowest BCUT2D eigenvalue weighted by Gasteiger charge is -2.38. The molecule has 0 bridgehead atoms. The van der Waals surface area contributed by atoms with Crippen molar-refractivity contribution in [1.82, 2.24) is 4.90 Å². The van der Waals surface area contributed by atoms with E-state index in [1.54, 1.807) is 20.8 Å². The SMILES string of the molecule is CC(C)(C)OC(=O)N1CC(c2ccccc2)CCC1C(=O)O. The minimum atomic E-state index is -0.975.